The fraction of sp³-hybridized carbons (Fsp3) is 0.417. The van der Waals surface area contributed by atoms with Crippen LogP contribution in [0, 0.1) is 11.5 Å². The van der Waals surface area contributed by atoms with Gasteiger partial charge in [0.25, 0.3) is 5.91 Å². The zero-order valence-corrected chi connectivity index (χ0v) is 11.8. The first-order valence-corrected chi connectivity index (χ1v) is 6.43. The van der Waals surface area contributed by atoms with Gasteiger partial charge >= 0.3 is 6.09 Å². The predicted molar refractivity (Wildman–Crippen MR) is 70.5 cm³/mol. The van der Waals surface area contributed by atoms with E-state index in [1.807, 2.05) is 5.32 Å². The summed E-state index contributed by atoms with van der Waals surface area (Å²) < 4.78 is 5.08. The zero-order chi connectivity index (χ0) is 14.5. The van der Waals surface area contributed by atoms with Crippen molar-refractivity contribution in [2.24, 2.45) is 0 Å². The topological polar surface area (TPSA) is 91.2 Å². The summed E-state index contributed by atoms with van der Waals surface area (Å²) in [6, 6.07) is 1.62. The van der Waals surface area contributed by atoms with E-state index in [0.29, 0.717) is 5.56 Å². The molecule has 0 aliphatic heterocycles. The molecule has 0 aromatic carbocycles. The number of hydrogen-bond donors (Lipinski definition) is 2. The van der Waals surface area contributed by atoms with Crippen LogP contribution < -0.4 is 10.6 Å². The maximum absolute atomic E-state index is 11.4. The summed E-state index contributed by atoms with van der Waals surface area (Å²) in [7, 11) is 0. The highest BCUT2D eigenvalue weighted by Gasteiger charge is 2.16. The molecule has 0 aliphatic carbocycles. The van der Waals surface area contributed by atoms with Crippen molar-refractivity contribution >= 4 is 23.3 Å². The second kappa shape index (κ2) is 6.20. The summed E-state index contributed by atoms with van der Waals surface area (Å²) in [5.74, 6) is -0.456. The molecule has 0 unspecified atom stereocenters. The van der Waals surface area contributed by atoms with Gasteiger partial charge in [-0.2, -0.15) is 5.26 Å². The van der Waals surface area contributed by atoms with Crippen LogP contribution in [0.4, 0.5) is 4.79 Å². The predicted octanol–water partition coefficient (Wildman–Crippen LogP) is 1.98. The molecule has 0 fully saturated rings. The van der Waals surface area contributed by atoms with Crippen molar-refractivity contribution in [2.75, 3.05) is 0 Å². The third-order valence-electron chi connectivity index (χ3n) is 1.89. The zero-order valence-electron chi connectivity index (χ0n) is 10.9. The van der Waals surface area contributed by atoms with Gasteiger partial charge in [0.2, 0.25) is 0 Å². The lowest BCUT2D eigenvalue weighted by Crippen LogP contribution is -2.31. The van der Waals surface area contributed by atoms with Crippen LogP contribution in [0.5, 0.6) is 0 Å². The minimum atomic E-state index is -0.544. The molecule has 0 spiro atoms. The van der Waals surface area contributed by atoms with Gasteiger partial charge in [-0.25, -0.2) is 4.79 Å². The van der Waals surface area contributed by atoms with Crippen LogP contribution in [-0.2, 0) is 11.3 Å². The lowest BCUT2D eigenvalue weighted by Gasteiger charge is -2.19. The number of carbonyl (C=O) groups excluding carboxylic acids is 2. The monoisotopic (exact) mass is 281 g/mol. The van der Waals surface area contributed by atoms with E-state index in [0.717, 1.165) is 4.88 Å². The average Bonchev–Trinajstić information content (AvgIpc) is 2.73. The smallest absolute Gasteiger partial charge is 0.407 e. The van der Waals surface area contributed by atoms with E-state index in [1.165, 1.54) is 11.3 Å². The van der Waals surface area contributed by atoms with Crippen LogP contribution in [0.25, 0.3) is 0 Å². The van der Waals surface area contributed by atoms with E-state index in [9.17, 15) is 9.59 Å². The van der Waals surface area contributed by atoms with E-state index < -0.39 is 17.6 Å². The molecule has 102 valence electrons. The Balaban J connectivity index is 2.49. The first-order chi connectivity index (χ1) is 8.81. The molecular formula is C12H15N3O3S. The maximum atomic E-state index is 11.4. The lowest BCUT2D eigenvalue weighted by molar-refractivity contribution is 0.0524. The van der Waals surface area contributed by atoms with Gasteiger partial charge in [0, 0.05) is 10.3 Å². The van der Waals surface area contributed by atoms with Crippen molar-refractivity contribution in [3.8, 4) is 6.19 Å². The second-order valence-corrected chi connectivity index (χ2v) is 5.72. The third-order valence-corrected chi connectivity index (χ3v) is 2.83. The van der Waals surface area contributed by atoms with Gasteiger partial charge in [-0.1, -0.05) is 0 Å². The Labute approximate surface area is 115 Å². The first kappa shape index (κ1) is 15.0. The Morgan fingerprint density at radius 3 is 2.74 bits per heavy atom. The van der Waals surface area contributed by atoms with E-state index in [2.05, 4.69) is 5.32 Å². The molecule has 1 heterocycles. The highest BCUT2D eigenvalue weighted by Crippen LogP contribution is 2.15. The van der Waals surface area contributed by atoms with E-state index >= 15 is 0 Å². The number of ether oxygens (including phenoxy) is 1. The summed E-state index contributed by atoms with van der Waals surface area (Å²) >= 11 is 1.32. The lowest BCUT2D eigenvalue weighted by atomic mass is 10.2. The molecule has 7 heteroatoms. The van der Waals surface area contributed by atoms with Gasteiger partial charge in [0.15, 0.2) is 6.19 Å². The summed E-state index contributed by atoms with van der Waals surface area (Å²) in [5, 5.41) is 14.6. The number of nitrogens with zero attached hydrogens (tertiary/aromatic N) is 1. The fourth-order valence-corrected chi connectivity index (χ4v) is 1.99. The minimum Gasteiger partial charge on any atom is -0.444 e. The van der Waals surface area contributed by atoms with Crippen LogP contribution in [-0.4, -0.2) is 17.6 Å². The average molecular weight is 281 g/mol. The Kier molecular flexibility index (Phi) is 4.89. The van der Waals surface area contributed by atoms with Crippen molar-refractivity contribution in [3.63, 3.8) is 0 Å². The van der Waals surface area contributed by atoms with Crippen molar-refractivity contribution in [1.82, 2.24) is 10.6 Å². The number of carbonyl (C=O) groups is 2. The van der Waals surface area contributed by atoms with E-state index in [1.54, 1.807) is 38.4 Å². The van der Waals surface area contributed by atoms with E-state index in [-0.39, 0.29) is 6.54 Å². The SMILES string of the molecule is CC(C)(C)OC(=O)NCc1cc(C(=O)NC#N)cs1. The molecule has 2 N–H and O–H groups in total. The van der Waals surface area contributed by atoms with Crippen LogP contribution in [0.1, 0.15) is 36.0 Å². The van der Waals surface area contributed by atoms with Crippen molar-refractivity contribution in [1.29, 1.82) is 5.26 Å². The first-order valence-electron chi connectivity index (χ1n) is 5.55. The molecule has 19 heavy (non-hydrogen) atoms. The number of thiophene rings is 1. The summed E-state index contributed by atoms with van der Waals surface area (Å²) in [5.41, 5.74) is -0.148. The molecule has 1 aromatic rings. The third kappa shape index (κ3) is 5.40. The van der Waals surface area contributed by atoms with Gasteiger partial charge < -0.3 is 10.1 Å². The van der Waals surface area contributed by atoms with Gasteiger partial charge in [-0.05, 0) is 26.8 Å². The van der Waals surface area contributed by atoms with Gasteiger partial charge in [-0.15, -0.1) is 11.3 Å². The van der Waals surface area contributed by atoms with Crippen molar-refractivity contribution in [3.05, 3.63) is 21.9 Å². The molecule has 0 aliphatic rings. The normalized spacial score (nSPS) is 10.4. The summed E-state index contributed by atoms with van der Waals surface area (Å²) in [4.78, 5) is 23.6. The molecule has 0 bridgehead atoms. The number of nitriles is 1. The molecule has 0 radical (unpaired) electrons. The van der Waals surface area contributed by atoms with Gasteiger partial charge in [0.05, 0.1) is 12.1 Å². The number of rotatable bonds is 3. The van der Waals surface area contributed by atoms with Crippen LogP contribution >= 0.6 is 11.3 Å². The van der Waals surface area contributed by atoms with Crippen LogP contribution in [0.2, 0.25) is 0 Å². The molecule has 0 atom stereocenters. The number of alkyl carbamates (subject to hydrolysis) is 1. The standard InChI is InChI=1S/C12H15N3O3S/c1-12(2,3)18-11(17)14-5-9-4-8(6-19-9)10(16)15-7-13/h4,6H,5H2,1-3H3,(H,14,17)(H,15,16). The van der Waals surface area contributed by atoms with Crippen molar-refractivity contribution < 1.29 is 14.3 Å². The Morgan fingerprint density at radius 1 is 1.47 bits per heavy atom. The largest absolute Gasteiger partial charge is 0.444 e. The summed E-state index contributed by atoms with van der Waals surface area (Å²) in [6.45, 7) is 5.62. The highest BCUT2D eigenvalue weighted by molar-refractivity contribution is 7.10. The quantitative estimate of drug-likeness (QED) is 0.654. The van der Waals surface area contributed by atoms with Crippen LogP contribution in [0.3, 0.4) is 0 Å². The molecule has 2 amide bonds. The highest BCUT2D eigenvalue weighted by atomic mass is 32.1. The minimum absolute atomic E-state index is 0.277. The van der Waals surface area contributed by atoms with Gasteiger partial charge in [0.1, 0.15) is 5.60 Å². The molecule has 0 saturated carbocycles. The maximum Gasteiger partial charge on any atom is 0.407 e. The Bertz CT molecular complexity index is 511. The molecular weight excluding hydrogens is 266 g/mol. The van der Waals surface area contributed by atoms with Crippen molar-refractivity contribution in [2.45, 2.75) is 32.9 Å². The second-order valence-electron chi connectivity index (χ2n) is 4.72. The fourth-order valence-electron chi connectivity index (χ4n) is 1.19. The van der Waals surface area contributed by atoms with E-state index in [4.69, 9.17) is 10.00 Å². The molecule has 0 saturated heterocycles. The Hall–Kier alpha value is -2.07. The number of hydrogen-bond acceptors (Lipinski definition) is 5. The van der Waals surface area contributed by atoms with Gasteiger partial charge in [-0.3, -0.25) is 10.1 Å². The molecule has 6 nitrogen and oxygen atoms in total. The molecule has 1 rings (SSSR count). The Morgan fingerprint density at radius 2 is 2.16 bits per heavy atom. The molecule has 1 aromatic heterocycles. The van der Waals surface area contributed by atoms with Crippen LogP contribution in [0.15, 0.2) is 11.4 Å². The number of nitrogens with one attached hydrogen (secondary N) is 2. The summed E-state index contributed by atoms with van der Waals surface area (Å²) in [6.07, 6.45) is 1.06. The number of amides is 2.